The number of hydrogen-bond acceptors (Lipinski definition) is 2. The average molecular weight is 339 g/mol. The van der Waals surface area contributed by atoms with E-state index in [1.54, 1.807) is 19.2 Å². The van der Waals surface area contributed by atoms with Crippen molar-refractivity contribution in [3.8, 4) is 0 Å². The molecule has 1 heterocycles. The first kappa shape index (κ1) is 16.5. The predicted molar refractivity (Wildman–Crippen MR) is 92.4 cm³/mol. The third-order valence-corrected chi connectivity index (χ3v) is 5.04. The molecule has 23 heavy (non-hydrogen) atoms. The molecule has 1 saturated carbocycles. The van der Waals surface area contributed by atoms with Gasteiger partial charge < -0.3 is 10.6 Å². The standard InChI is InChI=1S/C17H24ClFN4/c1-20-17(22-13-4-5-13)21-10-12-7-8-23(2)16(12)11-3-6-14(18)15(19)9-11/h3,6,9,12-13,16H,4-5,7-8,10H2,1-2H3,(H2,20,21,22). The first-order valence-corrected chi connectivity index (χ1v) is 8.58. The third-order valence-electron chi connectivity index (χ3n) is 4.73. The fraction of sp³-hybridized carbons (Fsp3) is 0.588. The van der Waals surface area contributed by atoms with Crippen LogP contribution in [0.3, 0.4) is 0 Å². The summed E-state index contributed by atoms with van der Waals surface area (Å²) in [5.41, 5.74) is 0.990. The number of halogens is 2. The van der Waals surface area contributed by atoms with Gasteiger partial charge in [0.2, 0.25) is 0 Å². The van der Waals surface area contributed by atoms with Crippen molar-refractivity contribution < 1.29 is 4.39 Å². The van der Waals surface area contributed by atoms with E-state index in [1.165, 1.54) is 12.8 Å². The number of nitrogens with one attached hydrogen (secondary N) is 2. The Morgan fingerprint density at radius 2 is 2.17 bits per heavy atom. The van der Waals surface area contributed by atoms with Crippen LogP contribution in [0.25, 0.3) is 0 Å². The number of hydrogen-bond donors (Lipinski definition) is 2. The molecule has 126 valence electrons. The zero-order chi connectivity index (χ0) is 16.4. The number of nitrogens with zero attached hydrogens (tertiary/aromatic N) is 2. The molecule has 0 amide bonds. The molecule has 2 aliphatic rings. The van der Waals surface area contributed by atoms with E-state index in [2.05, 4.69) is 27.6 Å². The molecule has 1 saturated heterocycles. The van der Waals surface area contributed by atoms with Gasteiger partial charge in [-0.15, -0.1) is 0 Å². The van der Waals surface area contributed by atoms with E-state index in [0.29, 0.717) is 12.0 Å². The minimum Gasteiger partial charge on any atom is -0.356 e. The molecule has 2 atom stereocenters. The van der Waals surface area contributed by atoms with Crippen molar-refractivity contribution in [1.29, 1.82) is 0 Å². The van der Waals surface area contributed by atoms with E-state index >= 15 is 0 Å². The van der Waals surface area contributed by atoms with Gasteiger partial charge in [0.1, 0.15) is 5.82 Å². The Bertz CT molecular complexity index is 588. The summed E-state index contributed by atoms with van der Waals surface area (Å²) in [7, 11) is 3.89. The van der Waals surface area contributed by atoms with Gasteiger partial charge >= 0.3 is 0 Å². The summed E-state index contributed by atoms with van der Waals surface area (Å²) in [6, 6.07) is 5.93. The van der Waals surface area contributed by atoms with E-state index in [0.717, 1.165) is 31.0 Å². The highest BCUT2D eigenvalue weighted by molar-refractivity contribution is 6.30. The molecular formula is C17H24ClFN4. The Balaban J connectivity index is 1.66. The maximum absolute atomic E-state index is 13.8. The van der Waals surface area contributed by atoms with Gasteiger partial charge in [0.15, 0.2) is 5.96 Å². The number of rotatable bonds is 4. The lowest BCUT2D eigenvalue weighted by molar-refractivity contribution is 0.275. The summed E-state index contributed by atoms with van der Waals surface area (Å²) in [5, 5.41) is 7.00. The second-order valence-corrected chi connectivity index (χ2v) is 6.93. The van der Waals surface area contributed by atoms with E-state index < -0.39 is 0 Å². The van der Waals surface area contributed by atoms with Crippen molar-refractivity contribution in [3.05, 3.63) is 34.6 Å². The minimum atomic E-state index is -0.345. The van der Waals surface area contributed by atoms with E-state index in [1.807, 2.05) is 6.07 Å². The van der Waals surface area contributed by atoms with Crippen LogP contribution in [0.1, 0.15) is 30.9 Å². The Labute approximate surface area is 142 Å². The first-order chi connectivity index (χ1) is 11.1. The van der Waals surface area contributed by atoms with Crippen LogP contribution < -0.4 is 10.6 Å². The molecular weight excluding hydrogens is 315 g/mol. The lowest BCUT2D eigenvalue weighted by atomic mass is 9.93. The second kappa shape index (κ2) is 7.05. The van der Waals surface area contributed by atoms with Crippen molar-refractivity contribution in [2.45, 2.75) is 31.3 Å². The van der Waals surface area contributed by atoms with E-state index in [9.17, 15) is 4.39 Å². The van der Waals surface area contributed by atoms with Crippen molar-refractivity contribution in [2.24, 2.45) is 10.9 Å². The van der Waals surface area contributed by atoms with Crippen LogP contribution in [-0.4, -0.2) is 44.1 Å². The molecule has 0 radical (unpaired) electrons. The van der Waals surface area contributed by atoms with E-state index in [4.69, 9.17) is 11.6 Å². The molecule has 2 N–H and O–H groups in total. The Kier molecular flexibility index (Phi) is 5.07. The van der Waals surface area contributed by atoms with Gasteiger partial charge in [0.25, 0.3) is 0 Å². The van der Waals surface area contributed by atoms with Gasteiger partial charge in [0, 0.05) is 25.7 Å². The van der Waals surface area contributed by atoms with Crippen LogP contribution in [0.4, 0.5) is 4.39 Å². The molecule has 1 aliphatic carbocycles. The molecule has 0 spiro atoms. The third kappa shape index (κ3) is 3.96. The molecule has 6 heteroatoms. The number of guanidine groups is 1. The fourth-order valence-corrected chi connectivity index (χ4v) is 3.42. The predicted octanol–water partition coefficient (Wildman–Crippen LogP) is 2.80. The molecule has 2 unspecified atom stereocenters. The highest BCUT2D eigenvalue weighted by Gasteiger charge is 2.33. The van der Waals surface area contributed by atoms with Crippen molar-refractivity contribution in [1.82, 2.24) is 15.5 Å². The highest BCUT2D eigenvalue weighted by Crippen LogP contribution is 2.36. The maximum atomic E-state index is 13.8. The van der Waals surface area contributed by atoms with Gasteiger partial charge in [-0.3, -0.25) is 9.89 Å². The summed E-state index contributed by atoms with van der Waals surface area (Å²) in [6.45, 7) is 1.83. The van der Waals surface area contributed by atoms with Crippen molar-refractivity contribution in [2.75, 3.05) is 27.2 Å². The number of benzene rings is 1. The lowest BCUT2D eigenvalue weighted by Crippen LogP contribution is -2.41. The van der Waals surface area contributed by atoms with Gasteiger partial charge in [-0.2, -0.15) is 0 Å². The summed E-state index contributed by atoms with van der Waals surface area (Å²) in [4.78, 5) is 6.56. The van der Waals surface area contributed by atoms with Crippen LogP contribution in [0.15, 0.2) is 23.2 Å². The van der Waals surface area contributed by atoms with Crippen LogP contribution in [0.2, 0.25) is 5.02 Å². The Hall–Kier alpha value is -1.33. The second-order valence-electron chi connectivity index (χ2n) is 6.52. The van der Waals surface area contributed by atoms with Crippen molar-refractivity contribution in [3.63, 3.8) is 0 Å². The number of likely N-dealkylation sites (tertiary alicyclic amines) is 1. The molecule has 1 aliphatic heterocycles. The molecule has 0 aromatic heterocycles. The lowest BCUT2D eigenvalue weighted by Gasteiger charge is -2.26. The summed E-state index contributed by atoms with van der Waals surface area (Å²) >= 11 is 5.81. The maximum Gasteiger partial charge on any atom is 0.191 e. The Morgan fingerprint density at radius 3 is 2.83 bits per heavy atom. The monoisotopic (exact) mass is 338 g/mol. The quantitative estimate of drug-likeness (QED) is 0.655. The largest absolute Gasteiger partial charge is 0.356 e. The van der Waals surface area contributed by atoms with Crippen LogP contribution in [0.5, 0.6) is 0 Å². The van der Waals surface area contributed by atoms with Crippen molar-refractivity contribution >= 4 is 17.6 Å². The normalized spacial score (nSPS) is 25.7. The summed E-state index contributed by atoms with van der Waals surface area (Å²) in [5.74, 6) is 0.934. The molecule has 1 aromatic carbocycles. The minimum absolute atomic E-state index is 0.179. The molecule has 2 fully saturated rings. The topological polar surface area (TPSA) is 39.7 Å². The zero-order valence-electron chi connectivity index (χ0n) is 13.6. The SMILES string of the molecule is CN=C(NCC1CCN(C)C1c1ccc(Cl)c(F)c1)NC1CC1. The number of aliphatic imine (C=N–C) groups is 1. The van der Waals surface area contributed by atoms with Crippen LogP contribution >= 0.6 is 11.6 Å². The average Bonchev–Trinajstić information content (AvgIpc) is 3.28. The fourth-order valence-electron chi connectivity index (χ4n) is 3.31. The molecule has 3 rings (SSSR count). The Morgan fingerprint density at radius 1 is 1.39 bits per heavy atom. The van der Waals surface area contributed by atoms with E-state index in [-0.39, 0.29) is 16.9 Å². The molecule has 1 aromatic rings. The molecule has 4 nitrogen and oxygen atoms in total. The first-order valence-electron chi connectivity index (χ1n) is 8.21. The van der Waals surface area contributed by atoms with Crippen LogP contribution in [0, 0.1) is 11.7 Å². The van der Waals surface area contributed by atoms with Gasteiger partial charge in [-0.25, -0.2) is 4.39 Å². The summed E-state index contributed by atoms with van der Waals surface area (Å²) < 4.78 is 13.8. The zero-order valence-corrected chi connectivity index (χ0v) is 14.4. The smallest absolute Gasteiger partial charge is 0.191 e. The van der Waals surface area contributed by atoms with Crippen LogP contribution in [-0.2, 0) is 0 Å². The highest BCUT2D eigenvalue weighted by atomic mass is 35.5. The van der Waals surface area contributed by atoms with Gasteiger partial charge in [0.05, 0.1) is 5.02 Å². The van der Waals surface area contributed by atoms with Gasteiger partial charge in [-0.05, 0) is 56.5 Å². The molecule has 0 bridgehead atoms. The van der Waals surface area contributed by atoms with Gasteiger partial charge in [-0.1, -0.05) is 17.7 Å². The summed E-state index contributed by atoms with van der Waals surface area (Å²) in [6.07, 6.45) is 3.53.